The zero-order valence-corrected chi connectivity index (χ0v) is 17.5. The number of hydrogen-bond donors (Lipinski definition) is 1. The predicted octanol–water partition coefficient (Wildman–Crippen LogP) is 2.79. The van der Waals surface area contributed by atoms with Gasteiger partial charge in [-0.15, -0.1) is 11.8 Å². The van der Waals surface area contributed by atoms with E-state index in [2.05, 4.69) is 19.2 Å². The van der Waals surface area contributed by atoms with Gasteiger partial charge in [-0.3, -0.25) is 9.59 Å². The normalized spacial score (nSPS) is 25.7. The molecular weight excluding hydrogens is 384 g/mol. The summed E-state index contributed by atoms with van der Waals surface area (Å²) in [6, 6.07) is 4.77. The van der Waals surface area contributed by atoms with E-state index in [4.69, 9.17) is 0 Å². The minimum Gasteiger partial charge on any atom is -0.342 e. The van der Waals surface area contributed by atoms with Gasteiger partial charge < -0.3 is 10.2 Å². The Morgan fingerprint density at radius 2 is 1.89 bits per heavy atom. The van der Waals surface area contributed by atoms with Crippen molar-refractivity contribution in [2.75, 3.05) is 24.2 Å². The van der Waals surface area contributed by atoms with Crippen molar-refractivity contribution in [3.8, 4) is 0 Å². The molecule has 0 saturated carbocycles. The lowest BCUT2D eigenvalue weighted by atomic mass is 9.92. The van der Waals surface area contributed by atoms with Crippen molar-refractivity contribution in [3.63, 3.8) is 0 Å². The first kappa shape index (κ1) is 20.2. The van der Waals surface area contributed by atoms with Gasteiger partial charge in [-0.05, 0) is 43.4 Å². The maximum absolute atomic E-state index is 12.7. The van der Waals surface area contributed by atoms with Crippen LogP contribution in [0.2, 0.25) is 0 Å². The molecule has 2 heterocycles. The number of thioether (sulfide) groups is 1. The van der Waals surface area contributed by atoms with E-state index in [1.807, 2.05) is 6.92 Å². The van der Waals surface area contributed by atoms with Gasteiger partial charge in [0.25, 0.3) is 0 Å². The van der Waals surface area contributed by atoms with Crippen molar-refractivity contribution in [2.45, 2.75) is 48.7 Å². The number of nitrogens with zero attached hydrogens (tertiary/aromatic N) is 1. The van der Waals surface area contributed by atoms with Gasteiger partial charge in [-0.2, -0.15) is 0 Å². The molecule has 148 valence electrons. The number of fused-ring (bicyclic) bond motifs is 1. The highest BCUT2D eigenvalue weighted by Crippen LogP contribution is 2.37. The first-order valence-electron chi connectivity index (χ1n) is 9.28. The number of carbonyl (C=O) groups is 2. The van der Waals surface area contributed by atoms with Crippen molar-refractivity contribution in [2.24, 2.45) is 11.8 Å². The summed E-state index contributed by atoms with van der Waals surface area (Å²) in [5.74, 6) is 0.427. The second-order valence-corrected chi connectivity index (χ2v) is 11.2. The van der Waals surface area contributed by atoms with Crippen LogP contribution in [0.15, 0.2) is 28.0 Å². The van der Waals surface area contributed by atoms with Crippen LogP contribution in [0.25, 0.3) is 0 Å². The summed E-state index contributed by atoms with van der Waals surface area (Å²) in [4.78, 5) is 27.1. The van der Waals surface area contributed by atoms with Crippen LogP contribution in [0.3, 0.4) is 0 Å². The summed E-state index contributed by atoms with van der Waals surface area (Å²) in [5.41, 5.74) is 0.522. The van der Waals surface area contributed by atoms with Gasteiger partial charge in [-0.1, -0.05) is 13.8 Å². The van der Waals surface area contributed by atoms with Crippen LogP contribution in [0.4, 0.5) is 5.69 Å². The van der Waals surface area contributed by atoms with Crippen LogP contribution in [0, 0.1) is 11.8 Å². The molecule has 1 aromatic rings. The van der Waals surface area contributed by atoms with Gasteiger partial charge in [0.1, 0.15) is 0 Å². The highest BCUT2D eigenvalue weighted by Gasteiger charge is 2.28. The third-order valence-corrected chi connectivity index (χ3v) is 7.94. The number of anilines is 1. The lowest BCUT2D eigenvalue weighted by Gasteiger charge is -2.35. The predicted molar refractivity (Wildman–Crippen MR) is 107 cm³/mol. The molecule has 1 fully saturated rings. The standard InChI is InChI=1S/C19H26N2O4S2/c1-12-8-13(2)11-21(10-12)18(22)6-7-27(24,25)15-4-5-17-16(9-15)20-19(23)14(3)26-17/h4-5,9,12-14H,6-8,10-11H2,1-3H3,(H,20,23)/t12-,13+,14-/m1/s1. The highest BCUT2D eigenvalue weighted by molar-refractivity contribution is 8.01. The third kappa shape index (κ3) is 4.66. The molecule has 8 heteroatoms. The van der Waals surface area contributed by atoms with E-state index >= 15 is 0 Å². The largest absolute Gasteiger partial charge is 0.342 e. The van der Waals surface area contributed by atoms with Gasteiger partial charge in [0.15, 0.2) is 9.84 Å². The van der Waals surface area contributed by atoms with Crippen molar-refractivity contribution < 1.29 is 18.0 Å². The molecule has 0 aromatic heterocycles. The number of likely N-dealkylation sites (tertiary alicyclic amines) is 1. The molecule has 1 aromatic carbocycles. The fraction of sp³-hybridized carbons (Fsp3) is 0.579. The molecule has 2 amide bonds. The number of carbonyl (C=O) groups excluding carboxylic acids is 2. The molecule has 2 aliphatic rings. The zero-order valence-electron chi connectivity index (χ0n) is 15.9. The summed E-state index contributed by atoms with van der Waals surface area (Å²) in [7, 11) is -3.59. The first-order valence-corrected chi connectivity index (χ1v) is 11.8. The smallest absolute Gasteiger partial charge is 0.237 e. The number of amides is 2. The van der Waals surface area contributed by atoms with E-state index in [0.29, 0.717) is 30.6 Å². The lowest BCUT2D eigenvalue weighted by Crippen LogP contribution is -2.43. The second-order valence-electron chi connectivity index (χ2n) is 7.72. The number of benzene rings is 1. The van der Waals surface area contributed by atoms with E-state index in [9.17, 15) is 18.0 Å². The van der Waals surface area contributed by atoms with E-state index in [1.165, 1.54) is 17.8 Å². The van der Waals surface area contributed by atoms with Crippen molar-refractivity contribution in [3.05, 3.63) is 18.2 Å². The van der Waals surface area contributed by atoms with Crippen LogP contribution < -0.4 is 5.32 Å². The van der Waals surface area contributed by atoms with Crippen molar-refractivity contribution in [1.29, 1.82) is 0 Å². The Morgan fingerprint density at radius 1 is 1.22 bits per heavy atom. The molecule has 3 rings (SSSR count). The van der Waals surface area contributed by atoms with Crippen LogP contribution in [0.1, 0.15) is 33.6 Å². The monoisotopic (exact) mass is 410 g/mol. The maximum Gasteiger partial charge on any atom is 0.237 e. The van der Waals surface area contributed by atoms with Crippen LogP contribution in [-0.4, -0.2) is 49.2 Å². The molecule has 3 atom stereocenters. The molecule has 0 spiro atoms. The first-order chi connectivity index (χ1) is 12.7. The molecule has 6 nitrogen and oxygen atoms in total. The lowest BCUT2D eigenvalue weighted by molar-refractivity contribution is -0.133. The van der Waals surface area contributed by atoms with Crippen molar-refractivity contribution >= 4 is 39.1 Å². The van der Waals surface area contributed by atoms with Gasteiger partial charge in [0, 0.05) is 24.4 Å². The Morgan fingerprint density at radius 3 is 2.56 bits per heavy atom. The molecule has 1 saturated heterocycles. The van der Waals surface area contributed by atoms with E-state index in [1.54, 1.807) is 17.0 Å². The minimum atomic E-state index is -3.59. The van der Waals surface area contributed by atoms with E-state index < -0.39 is 9.84 Å². The fourth-order valence-corrected chi connectivity index (χ4v) is 5.93. The molecule has 0 bridgehead atoms. The summed E-state index contributed by atoms with van der Waals surface area (Å²) >= 11 is 1.41. The van der Waals surface area contributed by atoms with E-state index in [-0.39, 0.29) is 34.1 Å². The van der Waals surface area contributed by atoms with Gasteiger partial charge >= 0.3 is 0 Å². The van der Waals surface area contributed by atoms with Crippen LogP contribution >= 0.6 is 11.8 Å². The zero-order chi connectivity index (χ0) is 19.8. The summed E-state index contributed by atoms with van der Waals surface area (Å²) in [6.45, 7) is 7.44. The average molecular weight is 411 g/mol. The Labute approximate surface area is 165 Å². The number of nitrogens with one attached hydrogen (secondary N) is 1. The number of hydrogen-bond acceptors (Lipinski definition) is 5. The van der Waals surface area contributed by atoms with Gasteiger partial charge in [0.05, 0.1) is 21.6 Å². The minimum absolute atomic E-state index is 0.0169. The number of piperidine rings is 1. The maximum atomic E-state index is 12.7. The quantitative estimate of drug-likeness (QED) is 0.825. The molecule has 0 unspecified atom stereocenters. The van der Waals surface area contributed by atoms with E-state index in [0.717, 1.165) is 11.3 Å². The third-order valence-electron chi connectivity index (χ3n) is 5.05. The Bertz CT molecular complexity index is 843. The Kier molecular flexibility index (Phi) is 5.86. The topological polar surface area (TPSA) is 83.6 Å². The van der Waals surface area contributed by atoms with Crippen molar-refractivity contribution in [1.82, 2.24) is 4.90 Å². The number of sulfone groups is 1. The van der Waals surface area contributed by atoms with Crippen LogP contribution in [-0.2, 0) is 19.4 Å². The molecule has 0 radical (unpaired) electrons. The second kappa shape index (κ2) is 7.83. The Balaban J connectivity index is 1.67. The highest BCUT2D eigenvalue weighted by atomic mass is 32.2. The molecular formula is C19H26N2O4S2. The summed E-state index contributed by atoms with van der Waals surface area (Å²) < 4.78 is 25.4. The number of rotatable bonds is 4. The van der Waals surface area contributed by atoms with Crippen LogP contribution in [0.5, 0.6) is 0 Å². The fourth-order valence-electron chi connectivity index (χ4n) is 3.75. The SMILES string of the molecule is C[C@@H]1C[C@H](C)CN(C(=O)CCS(=O)(=O)c2ccc3c(c2)NC(=O)[C@@H](C)S3)C1. The average Bonchev–Trinajstić information content (AvgIpc) is 2.59. The molecule has 27 heavy (non-hydrogen) atoms. The molecule has 2 aliphatic heterocycles. The molecule has 0 aliphatic carbocycles. The summed E-state index contributed by atoms with van der Waals surface area (Å²) in [5, 5.41) is 2.55. The Hall–Kier alpha value is -1.54. The summed E-state index contributed by atoms with van der Waals surface area (Å²) in [6.07, 6.45) is 1.08. The molecule has 1 N–H and O–H groups in total. The van der Waals surface area contributed by atoms with Gasteiger partial charge in [0.2, 0.25) is 11.8 Å². The van der Waals surface area contributed by atoms with Gasteiger partial charge in [-0.25, -0.2) is 8.42 Å².